The first-order valence-electron chi connectivity index (χ1n) is 5.90. The average molecular weight is 251 g/mol. The highest BCUT2D eigenvalue weighted by Crippen LogP contribution is 2.23. The van der Waals surface area contributed by atoms with Gasteiger partial charge in [-0.25, -0.2) is 0 Å². The summed E-state index contributed by atoms with van der Waals surface area (Å²) in [5, 5.41) is 0. The SMILES string of the molecule is C[SiH](C)OCc1cc(C(C)(C)C)cnc1C=O. The Kier molecular flexibility index (Phi) is 4.59. The van der Waals surface area contributed by atoms with Gasteiger partial charge in [0, 0.05) is 11.8 Å². The largest absolute Gasteiger partial charge is 0.416 e. The predicted octanol–water partition coefficient (Wildman–Crippen LogP) is 2.69. The Morgan fingerprint density at radius 3 is 2.53 bits per heavy atom. The highest BCUT2D eigenvalue weighted by Gasteiger charge is 2.16. The zero-order chi connectivity index (χ0) is 13.1. The van der Waals surface area contributed by atoms with Gasteiger partial charge in [0.1, 0.15) is 5.69 Å². The monoisotopic (exact) mass is 251 g/mol. The van der Waals surface area contributed by atoms with Crippen molar-refractivity contribution in [2.75, 3.05) is 0 Å². The van der Waals surface area contributed by atoms with Crippen LogP contribution in [-0.4, -0.2) is 20.3 Å². The molecule has 0 aliphatic heterocycles. The second-order valence-corrected chi connectivity index (χ2v) is 7.93. The molecule has 17 heavy (non-hydrogen) atoms. The number of carbonyl (C=O) groups excluding carboxylic acids is 1. The van der Waals surface area contributed by atoms with E-state index in [-0.39, 0.29) is 5.41 Å². The molecule has 1 aromatic rings. The topological polar surface area (TPSA) is 39.2 Å². The minimum Gasteiger partial charge on any atom is -0.416 e. The van der Waals surface area contributed by atoms with Crippen molar-refractivity contribution < 1.29 is 9.22 Å². The second-order valence-electron chi connectivity index (χ2n) is 5.50. The third kappa shape index (κ3) is 4.05. The molecule has 0 unspecified atom stereocenters. The van der Waals surface area contributed by atoms with E-state index >= 15 is 0 Å². The summed E-state index contributed by atoms with van der Waals surface area (Å²) in [6.07, 6.45) is 2.58. The minimum atomic E-state index is -1.07. The lowest BCUT2D eigenvalue weighted by Gasteiger charge is -2.20. The summed E-state index contributed by atoms with van der Waals surface area (Å²) in [4.78, 5) is 15.1. The fourth-order valence-electron chi connectivity index (χ4n) is 1.41. The van der Waals surface area contributed by atoms with Crippen LogP contribution in [0.5, 0.6) is 0 Å². The molecular formula is C13H21NO2Si. The zero-order valence-corrected chi connectivity index (χ0v) is 12.4. The molecule has 0 aromatic carbocycles. The van der Waals surface area contributed by atoms with Gasteiger partial charge in [0.05, 0.1) is 6.61 Å². The molecule has 0 fully saturated rings. The molecule has 0 aliphatic carbocycles. The predicted molar refractivity (Wildman–Crippen MR) is 72.0 cm³/mol. The molecule has 0 bridgehead atoms. The van der Waals surface area contributed by atoms with Crippen molar-refractivity contribution in [1.29, 1.82) is 0 Å². The third-order valence-corrected chi connectivity index (χ3v) is 3.38. The number of rotatable bonds is 4. The van der Waals surface area contributed by atoms with E-state index < -0.39 is 9.04 Å². The van der Waals surface area contributed by atoms with Crippen LogP contribution < -0.4 is 0 Å². The van der Waals surface area contributed by atoms with Crippen molar-refractivity contribution in [3.8, 4) is 0 Å². The molecule has 0 N–H and O–H groups in total. The zero-order valence-electron chi connectivity index (χ0n) is 11.3. The third-order valence-electron chi connectivity index (χ3n) is 2.55. The summed E-state index contributed by atoms with van der Waals surface area (Å²) >= 11 is 0. The van der Waals surface area contributed by atoms with Crippen molar-refractivity contribution in [3.05, 3.63) is 29.1 Å². The van der Waals surface area contributed by atoms with Gasteiger partial charge in [-0.2, -0.15) is 0 Å². The summed E-state index contributed by atoms with van der Waals surface area (Å²) < 4.78 is 5.68. The molecule has 3 nitrogen and oxygen atoms in total. The summed E-state index contributed by atoms with van der Waals surface area (Å²) in [5.41, 5.74) is 2.56. The Morgan fingerprint density at radius 2 is 2.06 bits per heavy atom. The van der Waals surface area contributed by atoms with Crippen LogP contribution >= 0.6 is 0 Å². The first-order valence-corrected chi connectivity index (χ1v) is 8.69. The van der Waals surface area contributed by atoms with Gasteiger partial charge in [0.25, 0.3) is 0 Å². The molecule has 0 atom stereocenters. The van der Waals surface area contributed by atoms with Gasteiger partial charge in [-0.3, -0.25) is 9.78 Å². The Hall–Kier alpha value is -1.00. The van der Waals surface area contributed by atoms with Crippen molar-refractivity contribution in [1.82, 2.24) is 4.98 Å². The molecule has 0 spiro atoms. The lowest BCUT2D eigenvalue weighted by Crippen LogP contribution is -2.15. The fraction of sp³-hybridized carbons (Fsp3) is 0.538. The van der Waals surface area contributed by atoms with Gasteiger partial charge in [0.2, 0.25) is 0 Å². The molecule has 0 aliphatic rings. The first kappa shape index (κ1) is 14.1. The Morgan fingerprint density at radius 1 is 1.41 bits per heavy atom. The van der Waals surface area contributed by atoms with Gasteiger partial charge in [-0.15, -0.1) is 0 Å². The fourth-order valence-corrected chi connectivity index (χ4v) is 1.92. The second kappa shape index (κ2) is 5.56. The van der Waals surface area contributed by atoms with Crippen molar-refractivity contribution in [3.63, 3.8) is 0 Å². The molecule has 1 heterocycles. The molecule has 1 aromatic heterocycles. The lowest BCUT2D eigenvalue weighted by atomic mass is 9.87. The molecule has 1 rings (SSSR count). The van der Waals surface area contributed by atoms with E-state index in [4.69, 9.17) is 4.43 Å². The minimum absolute atomic E-state index is 0.0401. The number of hydrogen-bond acceptors (Lipinski definition) is 3. The maximum absolute atomic E-state index is 10.9. The standard InChI is InChI=1S/C13H21NO2Si/c1-13(2,3)11-6-10(9-16-17(4)5)12(8-15)14-7-11/h6-8,17H,9H2,1-5H3. The molecular weight excluding hydrogens is 230 g/mol. The Balaban J connectivity index is 3.02. The molecule has 0 saturated heterocycles. The van der Waals surface area contributed by atoms with E-state index in [9.17, 15) is 4.79 Å². The number of carbonyl (C=O) groups is 1. The Labute approximate surface area is 105 Å². The molecule has 0 radical (unpaired) electrons. The smallest absolute Gasteiger partial charge is 0.171 e. The van der Waals surface area contributed by atoms with Gasteiger partial charge in [0.15, 0.2) is 15.3 Å². The quantitative estimate of drug-likeness (QED) is 0.610. The van der Waals surface area contributed by atoms with Crippen LogP contribution in [0.4, 0.5) is 0 Å². The van der Waals surface area contributed by atoms with Crippen LogP contribution in [0.1, 0.15) is 42.4 Å². The van der Waals surface area contributed by atoms with Crippen LogP contribution in [0.15, 0.2) is 12.3 Å². The van der Waals surface area contributed by atoms with Crippen LogP contribution in [0.25, 0.3) is 0 Å². The molecule has 94 valence electrons. The Bertz CT molecular complexity index is 397. The van der Waals surface area contributed by atoms with Crippen LogP contribution in [0.2, 0.25) is 13.1 Å². The van der Waals surface area contributed by atoms with Gasteiger partial charge < -0.3 is 4.43 Å². The van der Waals surface area contributed by atoms with Gasteiger partial charge >= 0.3 is 0 Å². The van der Waals surface area contributed by atoms with E-state index in [0.717, 1.165) is 17.4 Å². The summed E-state index contributed by atoms with van der Waals surface area (Å²) in [7, 11) is -1.07. The molecule has 4 heteroatoms. The van der Waals surface area contributed by atoms with Crippen LogP contribution in [0, 0.1) is 0 Å². The van der Waals surface area contributed by atoms with Crippen LogP contribution in [0.3, 0.4) is 0 Å². The number of nitrogens with zero attached hydrogens (tertiary/aromatic N) is 1. The first-order chi connectivity index (χ1) is 7.84. The highest BCUT2D eigenvalue weighted by molar-refractivity contribution is 6.48. The van der Waals surface area contributed by atoms with E-state index in [1.165, 1.54) is 0 Å². The number of hydrogen-bond donors (Lipinski definition) is 0. The average Bonchev–Trinajstić information content (AvgIpc) is 2.24. The van der Waals surface area contributed by atoms with E-state index in [0.29, 0.717) is 12.3 Å². The molecule has 0 amide bonds. The van der Waals surface area contributed by atoms with Crippen LogP contribution in [-0.2, 0) is 16.4 Å². The number of aromatic nitrogens is 1. The van der Waals surface area contributed by atoms with Crippen molar-refractivity contribution >= 4 is 15.3 Å². The maximum Gasteiger partial charge on any atom is 0.171 e. The van der Waals surface area contributed by atoms with Crippen molar-refractivity contribution in [2.24, 2.45) is 0 Å². The normalized spacial score (nSPS) is 11.9. The van der Waals surface area contributed by atoms with E-state index in [1.54, 1.807) is 6.20 Å². The highest BCUT2D eigenvalue weighted by atomic mass is 28.3. The van der Waals surface area contributed by atoms with E-state index in [1.807, 2.05) is 6.07 Å². The number of pyridine rings is 1. The summed E-state index contributed by atoms with van der Waals surface area (Å²) in [5.74, 6) is 0. The van der Waals surface area contributed by atoms with Gasteiger partial charge in [-0.05, 0) is 30.1 Å². The summed E-state index contributed by atoms with van der Waals surface area (Å²) in [6, 6.07) is 2.04. The maximum atomic E-state index is 10.9. The summed E-state index contributed by atoms with van der Waals surface area (Å²) in [6.45, 7) is 11.1. The lowest BCUT2D eigenvalue weighted by molar-refractivity contribution is 0.111. The van der Waals surface area contributed by atoms with Crippen molar-refractivity contribution in [2.45, 2.75) is 45.9 Å². The van der Waals surface area contributed by atoms with E-state index in [2.05, 4.69) is 38.8 Å². The number of aldehydes is 1. The van der Waals surface area contributed by atoms with Gasteiger partial charge in [-0.1, -0.05) is 20.8 Å². The molecule has 0 saturated carbocycles.